The van der Waals surface area contributed by atoms with E-state index in [2.05, 4.69) is 10.2 Å². The smallest absolute Gasteiger partial charge is 0.233 e. The number of fused-ring (bicyclic) bond motifs is 1. The number of nitrogens with two attached hydrogens (primary N) is 1. The molecule has 10 heteroatoms. The molecule has 0 aliphatic carbocycles. The summed E-state index contributed by atoms with van der Waals surface area (Å²) in [6.45, 7) is 1.57. The summed E-state index contributed by atoms with van der Waals surface area (Å²) in [5, 5.41) is 10.7. The minimum absolute atomic E-state index is 0.0273. The van der Waals surface area contributed by atoms with Gasteiger partial charge in [0, 0.05) is 13.6 Å². The van der Waals surface area contributed by atoms with Crippen molar-refractivity contribution in [3.05, 3.63) is 41.3 Å². The number of nitrogen functional groups attached to an aromatic ring is 1. The second kappa shape index (κ2) is 8.11. The second-order valence-electron chi connectivity index (χ2n) is 6.17. The van der Waals surface area contributed by atoms with Crippen LogP contribution in [0.4, 0.5) is 0 Å². The first-order valence-corrected chi connectivity index (χ1v) is 10.5. The quantitative estimate of drug-likeness (QED) is 0.485. The number of nitrogens with zero attached hydrogens (tertiary/aromatic N) is 4. The van der Waals surface area contributed by atoms with Crippen molar-refractivity contribution in [3.8, 4) is 22.2 Å². The molecule has 0 atom stereocenters. The predicted molar refractivity (Wildman–Crippen MR) is 108 cm³/mol. The van der Waals surface area contributed by atoms with E-state index in [9.17, 15) is 4.79 Å². The highest BCUT2D eigenvalue weighted by atomic mass is 32.2. The largest absolute Gasteiger partial charge is 0.486 e. The van der Waals surface area contributed by atoms with Gasteiger partial charge in [-0.1, -0.05) is 23.9 Å². The third-order valence-corrected chi connectivity index (χ3v) is 5.98. The number of carbonyl (C=O) groups is 1. The summed E-state index contributed by atoms with van der Waals surface area (Å²) in [5.74, 6) is 8.32. The molecular formula is C18H19N5O3S2. The minimum Gasteiger partial charge on any atom is -0.486 e. The first-order chi connectivity index (χ1) is 13.6. The Hall–Kier alpha value is -2.72. The fraction of sp³-hybridized carbons (Fsp3) is 0.278. The van der Waals surface area contributed by atoms with Crippen molar-refractivity contribution in [2.75, 3.05) is 31.9 Å². The SMILES string of the molecule is CN(Cc1ccc2c(c1)OCCO2)C(=O)CSc1nnc(-c2cccs2)n1N. The summed E-state index contributed by atoms with van der Waals surface area (Å²) in [6.07, 6.45) is 0. The first kappa shape index (κ1) is 18.6. The van der Waals surface area contributed by atoms with Gasteiger partial charge in [0.25, 0.3) is 0 Å². The van der Waals surface area contributed by atoms with Gasteiger partial charge in [0.05, 0.1) is 10.6 Å². The zero-order valence-corrected chi connectivity index (χ0v) is 16.8. The molecule has 28 heavy (non-hydrogen) atoms. The Morgan fingerprint density at radius 3 is 2.89 bits per heavy atom. The molecule has 0 fully saturated rings. The summed E-state index contributed by atoms with van der Waals surface area (Å²) < 4.78 is 12.5. The number of hydrogen-bond acceptors (Lipinski definition) is 8. The van der Waals surface area contributed by atoms with E-state index in [1.54, 1.807) is 11.9 Å². The molecule has 0 radical (unpaired) electrons. The van der Waals surface area contributed by atoms with Crippen LogP contribution in [0.25, 0.3) is 10.7 Å². The molecule has 1 aliphatic heterocycles. The fourth-order valence-corrected chi connectivity index (χ4v) is 4.24. The molecule has 1 amide bonds. The highest BCUT2D eigenvalue weighted by molar-refractivity contribution is 7.99. The molecule has 3 aromatic rings. The van der Waals surface area contributed by atoms with Gasteiger partial charge < -0.3 is 20.2 Å². The molecule has 1 aliphatic rings. The van der Waals surface area contributed by atoms with Gasteiger partial charge in [-0.15, -0.1) is 21.5 Å². The van der Waals surface area contributed by atoms with Crippen LogP contribution in [0.5, 0.6) is 11.5 Å². The molecule has 0 saturated heterocycles. The van der Waals surface area contributed by atoms with Crippen LogP contribution in [0.1, 0.15) is 5.56 Å². The van der Waals surface area contributed by atoms with E-state index in [1.807, 2.05) is 35.7 Å². The third-order valence-electron chi connectivity index (χ3n) is 4.18. The number of thioether (sulfide) groups is 1. The molecule has 4 rings (SSSR count). The van der Waals surface area contributed by atoms with Crippen LogP contribution in [-0.2, 0) is 11.3 Å². The maximum atomic E-state index is 12.5. The van der Waals surface area contributed by atoms with Crippen molar-refractivity contribution in [1.82, 2.24) is 19.8 Å². The van der Waals surface area contributed by atoms with Gasteiger partial charge in [0.15, 0.2) is 17.3 Å². The lowest BCUT2D eigenvalue weighted by atomic mass is 10.2. The summed E-state index contributed by atoms with van der Waals surface area (Å²) >= 11 is 2.80. The monoisotopic (exact) mass is 417 g/mol. The highest BCUT2D eigenvalue weighted by Crippen LogP contribution is 2.31. The minimum atomic E-state index is -0.0273. The van der Waals surface area contributed by atoms with Crippen LogP contribution < -0.4 is 15.3 Å². The topological polar surface area (TPSA) is 95.5 Å². The fourth-order valence-electron chi connectivity index (χ4n) is 2.73. The van der Waals surface area contributed by atoms with Crippen molar-refractivity contribution in [1.29, 1.82) is 0 Å². The van der Waals surface area contributed by atoms with Gasteiger partial charge in [0.2, 0.25) is 11.1 Å². The molecule has 1 aromatic carbocycles. The van der Waals surface area contributed by atoms with Crippen LogP contribution in [0, 0.1) is 0 Å². The molecular weight excluding hydrogens is 398 g/mol. The van der Waals surface area contributed by atoms with Crippen molar-refractivity contribution in [3.63, 3.8) is 0 Å². The Morgan fingerprint density at radius 1 is 1.29 bits per heavy atom. The van der Waals surface area contributed by atoms with Crippen molar-refractivity contribution in [2.45, 2.75) is 11.7 Å². The number of amides is 1. The van der Waals surface area contributed by atoms with E-state index < -0.39 is 0 Å². The van der Waals surface area contributed by atoms with Gasteiger partial charge in [-0.3, -0.25) is 4.79 Å². The van der Waals surface area contributed by atoms with Crippen LogP contribution in [-0.4, -0.2) is 51.7 Å². The van der Waals surface area contributed by atoms with Gasteiger partial charge in [-0.05, 0) is 29.1 Å². The Kier molecular flexibility index (Phi) is 5.40. The van der Waals surface area contributed by atoms with Crippen molar-refractivity contribution < 1.29 is 14.3 Å². The summed E-state index contributed by atoms with van der Waals surface area (Å²) in [7, 11) is 1.77. The van der Waals surface area contributed by atoms with Crippen molar-refractivity contribution in [2.24, 2.45) is 0 Å². The van der Waals surface area contributed by atoms with Crippen LogP contribution >= 0.6 is 23.1 Å². The van der Waals surface area contributed by atoms with E-state index in [0.717, 1.165) is 21.9 Å². The molecule has 3 heterocycles. The number of ether oxygens (including phenoxy) is 2. The van der Waals surface area contributed by atoms with E-state index >= 15 is 0 Å². The summed E-state index contributed by atoms with van der Waals surface area (Å²) in [5.41, 5.74) is 0.979. The van der Waals surface area contributed by atoms with E-state index in [-0.39, 0.29) is 11.7 Å². The molecule has 0 bridgehead atoms. The molecule has 146 valence electrons. The maximum absolute atomic E-state index is 12.5. The van der Waals surface area contributed by atoms with Gasteiger partial charge >= 0.3 is 0 Å². The lowest BCUT2D eigenvalue weighted by Gasteiger charge is -2.21. The molecule has 8 nitrogen and oxygen atoms in total. The number of aromatic nitrogens is 3. The van der Waals surface area contributed by atoms with Crippen LogP contribution in [0.15, 0.2) is 40.9 Å². The Labute approximate surface area is 170 Å². The average molecular weight is 418 g/mol. The number of hydrogen-bond donors (Lipinski definition) is 1. The number of rotatable bonds is 6. The van der Waals surface area contributed by atoms with Crippen LogP contribution in [0.2, 0.25) is 0 Å². The van der Waals surface area contributed by atoms with Crippen LogP contribution in [0.3, 0.4) is 0 Å². The lowest BCUT2D eigenvalue weighted by molar-refractivity contribution is -0.127. The number of carbonyl (C=O) groups excluding carboxylic acids is 1. The Balaban J connectivity index is 1.35. The van der Waals surface area contributed by atoms with E-state index in [1.165, 1.54) is 27.8 Å². The van der Waals surface area contributed by atoms with E-state index in [4.69, 9.17) is 15.3 Å². The summed E-state index contributed by atoms with van der Waals surface area (Å²) in [6, 6.07) is 9.58. The normalized spacial score (nSPS) is 12.8. The molecule has 0 unspecified atom stereocenters. The number of thiophene rings is 1. The highest BCUT2D eigenvalue weighted by Gasteiger charge is 2.17. The maximum Gasteiger partial charge on any atom is 0.233 e. The van der Waals surface area contributed by atoms with Gasteiger partial charge in [0.1, 0.15) is 13.2 Å². The molecule has 0 spiro atoms. The second-order valence-corrected chi connectivity index (χ2v) is 8.06. The van der Waals surface area contributed by atoms with Gasteiger partial charge in [-0.2, -0.15) is 0 Å². The third kappa shape index (κ3) is 3.92. The average Bonchev–Trinajstić information content (AvgIpc) is 3.35. The zero-order valence-electron chi connectivity index (χ0n) is 15.2. The molecule has 0 saturated carbocycles. The standard InChI is InChI=1S/C18H19N5O3S2/c1-22(10-12-4-5-13-14(9-12)26-7-6-25-13)16(24)11-28-18-21-20-17(23(18)19)15-3-2-8-27-15/h2-5,8-9H,6-7,10-11,19H2,1H3. The lowest BCUT2D eigenvalue weighted by Crippen LogP contribution is -2.28. The number of benzene rings is 1. The Bertz CT molecular complexity index is 974. The Morgan fingerprint density at radius 2 is 2.11 bits per heavy atom. The first-order valence-electron chi connectivity index (χ1n) is 8.61. The molecule has 2 N–H and O–H groups in total. The summed E-state index contributed by atoms with van der Waals surface area (Å²) in [4.78, 5) is 15.1. The molecule has 2 aromatic heterocycles. The zero-order chi connectivity index (χ0) is 19.5. The van der Waals surface area contributed by atoms with Crippen molar-refractivity contribution >= 4 is 29.0 Å². The predicted octanol–water partition coefficient (Wildman–Crippen LogP) is 2.24. The van der Waals surface area contributed by atoms with E-state index in [0.29, 0.717) is 30.7 Å². The van der Waals surface area contributed by atoms with Gasteiger partial charge in [-0.25, -0.2) is 4.68 Å².